The molecule has 2 amide bonds. The Morgan fingerprint density at radius 1 is 1.00 bits per heavy atom. The monoisotopic (exact) mass is 473 g/mol. The number of nitrogens with zero attached hydrogens (tertiary/aromatic N) is 2. The number of carbonyl (C=O) groups excluding carboxylic acids is 2. The fourth-order valence-corrected chi connectivity index (χ4v) is 4.23. The van der Waals surface area contributed by atoms with Gasteiger partial charge in [-0.05, 0) is 51.8 Å². The molecular weight excluding hydrogens is 438 g/mol. The quantitative estimate of drug-likeness (QED) is 0.573. The third-order valence-corrected chi connectivity index (χ3v) is 6.75. The Morgan fingerprint density at radius 2 is 1.64 bits per heavy atom. The summed E-state index contributed by atoms with van der Waals surface area (Å²) in [4.78, 5) is 27.8. The molecule has 0 unspecified atom stereocenters. The summed E-state index contributed by atoms with van der Waals surface area (Å²) in [6.07, 6.45) is 1.84. The number of anilines is 1. The zero-order chi connectivity index (χ0) is 24.8. The summed E-state index contributed by atoms with van der Waals surface area (Å²) < 4.78 is 26.2. The molecule has 1 N–H and O–H groups in total. The number of nitrogens with one attached hydrogen (secondary N) is 1. The van der Waals surface area contributed by atoms with Gasteiger partial charge in [-0.1, -0.05) is 54.4 Å². The van der Waals surface area contributed by atoms with Crippen molar-refractivity contribution < 1.29 is 18.0 Å². The Morgan fingerprint density at radius 3 is 2.18 bits per heavy atom. The second-order valence-electron chi connectivity index (χ2n) is 8.61. The second kappa shape index (κ2) is 11.3. The lowest BCUT2D eigenvalue weighted by Crippen LogP contribution is -2.52. The Hall–Kier alpha value is -2.87. The number of sulfonamides is 1. The van der Waals surface area contributed by atoms with E-state index in [9.17, 15) is 18.0 Å². The Kier molecular flexibility index (Phi) is 9.05. The van der Waals surface area contributed by atoms with Crippen LogP contribution in [0.3, 0.4) is 0 Å². The van der Waals surface area contributed by atoms with E-state index in [1.807, 2.05) is 52.0 Å². The number of hydrogen-bond donors (Lipinski definition) is 1. The number of amides is 2. The highest BCUT2D eigenvalue weighted by atomic mass is 32.2. The molecule has 0 aromatic heterocycles. The van der Waals surface area contributed by atoms with Gasteiger partial charge >= 0.3 is 0 Å². The van der Waals surface area contributed by atoms with Gasteiger partial charge in [-0.2, -0.15) is 0 Å². The maximum absolute atomic E-state index is 13.5. The van der Waals surface area contributed by atoms with Crippen molar-refractivity contribution in [2.75, 3.05) is 17.1 Å². The molecule has 33 heavy (non-hydrogen) atoms. The summed E-state index contributed by atoms with van der Waals surface area (Å²) in [7, 11) is -3.72. The first-order valence-electron chi connectivity index (χ1n) is 11.1. The fourth-order valence-electron chi connectivity index (χ4n) is 3.38. The largest absolute Gasteiger partial charge is 0.352 e. The van der Waals surface area contributed by atoms with Crippen LogP contribution in [0.5, 0.6) is 0 Å². The molecule has 2 rings (SSSR count). The zero-order valence-corrected chi connectivity index (χ0v) is 21.1. The molecule has 2 atom stereocenters. The first-order chi connectivity index (χ1) is 15.4. The van der Waals surface area contributed by atoms with Crippen LogP contribution < -0.4 is 9.62 Å². The lowest BCUT2D eigenvalue weighted by atomic mass is 10.1. The summed E-state index contributed by atoms with van der Waals surface area (Å²) in [6, 6.07) is 13.8. The molecule has 0 bridgehead atoms. The van der Waals surface area contributed by atoms with Crippen molar-refractivity contribution in [1.82, 2.24) is 10.2 Å². The average Bonchev–Trinajstić information content (AvgIpc) is 2.75. The number of carbonyl (C=O) groups is 2. The maximum atomic E-state index is 13.5. The minimum absolute atomic E-state index is 0.0315. The molecule has 0 saturated heterocycles. The van der Waals surface area contributed by atoms with E-state index in [4.69, 9.17) is 0 Å². The zero-order valence-electron chi connectivity index (χ0n) is 20.3. The van der Waals surface area contributed by atoms with E-state index < -0.39 is 28.5 Å². The van der Waals surface area contributed by atoms with E-state index in [1.165, 1.54) is 4.90 Å². The molecule has 0 saturated carbocycles. The Labute approximate surface area is 197 Å². The van der Waals surface area contributed by atoms with E-state index in [-0.39, 0.29) is 18.5 Å². The SMILES string of the molecule is CC[C@@H](C)NC(=O)[C@H](C)N(Cc1cccc(C)c1)C(=O)CN(c1ccc(C)cc1)S(C)(=O)=O. The third-order valence-electron chi connectivity index (χ3n) is 5.60. The summed E-state index contributed by atoms with van der Waals surface area (Å²) in [5.41, 5.74) is 3.29. The van der Waals surface area contributed by atoms with Crippen LogP contribution in [0.1, 0.15) is 43.9 Å². The van der Waals surface area contributed by atoms with Crippen molar-refractivity contribution >= 4 is 27.5 Å². The van der Waals surface area contributed by atoms with Crippen LogP contribution in [0.25, 0.3) is 0 Å². The standard InChI is InChI=1S/C25H35N3O4S/c1-7-20(4)26-25(30)21(5)27(16-22-10-8-9-19(3)15-22)24(29)17-28(33(6,31)32)23-13-11-18(2)12-14-23/h8-15,20-21H,7,16-17H2,1-6H3,(H,26,30)/t20-,21+/m1/s1. The minimum atomic E-state index is -3.72. The van der Waals surface area contributed by atoms with Crippen LogP contribution in [0.4, 0.5) is 5.69 Å². The summed E-state index contributed by atoms with van der Waals surface area (Å²) in [5, 5.41) is 2.92. The molecule has 2 aromatic rings. The smallest absolute Gasteiger partial charge is 0.244 e. The number of rotatable bonds is 10. The predicted molar refractivity (Wildman–Crippen MR) is 132 cm³/mol. The molecule has 0 radical (unpaired) electrons. The van der Waals surface area contributed by atoms with Crippen molar-refractivity contribution in [2.45, 2.75) is 59.7 Å². The second-order valence-corrected chi connectivity index (χ2v) is 10.5. The summed E-state index contributed by atoms with van der Waals surface area (Å²) in [6.45, 7) is 9.20. The topological polar surface area (TPSA) is 86.8 Å². The molecule has 7 nitrogen and oxygen atoms in total. The van der Waals surface area contributed by atoms with E-state index in [0.29, 0.717) is 5.69 Å². The third kappa shape index (κ3) is 7.60. The van der Waals surface area contributed by atoms with Crippen molar-refractivity contribution in [2.24, 2.45) is 0 Å². The van der Waals surface area contributed by atoms with Gasteiger partial charge in [0.2, 0.25) is 21.8 Å². The van der Waals surface area contributed by atoms with Crippen LogP contribution in [0.15, 0.2) is 48.5 Å². The number of benzene rings is 2. The van der Waals surface area contributed by atoms with Crippen LogP contribution in [-0.2, 0) is 26.2 Å². The fraction of sp³-hybridized carbons (Fsp3) is 0.440. The first-order valence-corrected chi connectivity index (χ1v) is 13.0. The van der Waals surface area contributed by atoms with Crippen LogP contribution >= 0.6 is 0 Å². The van der Waals surface area contributed by atoms with Gasteiger partial charge in [-0.25, -0.2) is 8.42 Å². The van der Waals surface area contributed by atoms with Gasteiger partial charge in [0, 0.05) is 12.6 Å². The highest BCUT2D eigenvalue weighted by Gasteiger charge is 2.30. The normalized spacial score (nSPS) is 13.2. The van der Waals surface area contributed by atoms with Gasteiger partial charge in [0.15, 0.2) is 0 Å². The van der Waals surface area contributed by atoms with E-state index >= 15 is 0 Å². The van der Waals surface area contributed by atoms with E-state index in [2.05, 4.69) is 5.32 Å². The van der Waals surface area contributed by atoms with Crippen LogP contribution in [0, 0.1) is 13.8 Å². The van der Waals surface area contributed by atoms with Crippen LogP contribution in [0.2, 0.25) is 0 Å². The predicted octanol–water partition coefficient (Wildman–Crippen LogP) is 3.40. The lowest BCUT2D eigenvalue weighted by molar-refractivity contribution is -0.139. The van der Waals surface area contributed by atoms with E-state index in [1.54, 1.807) is 31.2 Å². The molecular formula is C25H35N3O4S. The Bertz CT molecular complexity index is 1070. The highest BCUT2D eigenvalue weighted by Crippen LogP contribution is 2.20. The maximum Gasteiger partial charge on any atom is 0.244 e. The summed E-state index contributed by atoms with van der Waals surface area (Å²) in [5.74, 6) is -0.721. The molecule has 0 aliphatic rings. The van der Waals surface area contributed by atoms with Gasteiger partial charge in [0.25, 0.3) is 0 Å². The van der Waals surface area contributed by atoms with Crippen molar-refractivity contribution in [3.8, 4) is 0 Å². The molecule has 180 valence electrons. The molecule has 8 heteroatoms. The molecule has 0 fully saturated rings. The van der Waals surface area contributed by atoms with Crippen LogP contribution in [-0.4, -0.2) is 50.0 Å². The minimum Gasteiger partial charge on any atom is -0.352 e. The van der Waals surface area contributed by atoms with Gasteiger partial charge in [-0.3, -0.25) is 13.9 Å². The van der Waals surface area contributed by atoms with E-state index in [0.717, 1.165) is 33.7 Å². The van der Waals surface area contributed by atoms with Crippen molar-refractivity contribution in [3.63, 3.8) is 0 Å². The van der Waals surface area contributed by atoms with Crippen molar-refractivity contribution in [1.29, 1.82) is 0 Å². The highest BCUT2D eigenvalue weighted by molar-refractivity contribution is 7.92. The molecule has 0 aliphatic heterocycles. The Balaban J connectivity index is 2.37. The number of hydrogen-bond acceptors (Lipinski definition) is 4. The van der Waals surface area contributed by atoms with Gasteiger partial charge in [0.05, 0.1) is 11.9 Å². The van der Waals surface area contributed by atoms with Gasteiger partial charge < -0.3 is 10.2 Å². The van der Waals surface area contributed by atoms with Crippen molar-refractivity contribution in [3.05, 3.63) is 65.2 Å². The average molecular weight is 474 g/mol. The lowest BCUT2D eigenvalue weighted by Gasteiger charge is -2.32. The van der Waals surface area contributed by atoms with Gasteiger partial charge in [-0.15, -0.1) is 0 Å². The number of aryl methyl sites for hydroxylation is 2. The summed E-state index contributed by atoms with van der Waals surface area (Å²) >= 11 is 0. The first kappa shape index (κ1) is 26.4. The molecule has 2 aromatic carbocycles. The molecule has 0 spiro atoms. The van der Waals surface area contributed by atoms with Gasteiger partial charge in [0.1, 0.15) is 12.6 Å². The molecule has 0 heterocycles. The molecule has 0 aliphatic carbocycles.